The molecule has 1 unspecified atom stereocenters. The fourth-order valence-corrected chi connectivity index (χ4v) is 3.13. The fourth-order valence-electron chi connectivity index (χ4n) is 3.13. The van der Waals surface area contributed by atoms with Gasteiger partial charge in [-0.1, -0.05) is 6.42 Å². The molecule has 1 aromatic carbocycles. The van der Waals surface area contributed by atoms with Gasteiger partial charge in [-0.25, -0.2) is 9.37 Å². The molecule has 20 heavy (non-hydrogen) atoms. The van der Waals surface area contributed by atoms with Crippen molar-refractivity contribution in [1.29, 1.82) is 0 Å². The molecule has 0 aliphatic carbocycles. The van der Waals surface area contributed by atoms with Crippen LogP contribution in [-0.2, 0) is 6.42 Å². The molecular formula is C16H22FN3. The zero-order chi connectivity index (χ0) is 14.1. The molecule has 4 heteroatoms. The number of imidazole rings is 1. The van der Waals surface area contributed by atoms with E-state index in [2.05, 4.69) is 21.8 Å². The quantitative estimate of drug-likeness (QED) is 0.930. The Kier molecular flexibility index (Phi) is 3.74. The molecule has 108 valence electrons. The lowest BCUT2D eigenvalue weighted by Crippen LogP contribution is -2.38. The highest BCUT2D eigenvalue weighted by Crippen LogP contribution is 2.20. The molecule has 2 heterocycles. The van der Waals surface area contributed by atoms with E-state index in [1.54, 1.807) is 6.07 Å². The summed E-state index contributed by atoms with van der Waals surface area (Å²) in [5.74, 6) is 0.663. The van der Waals surface area contributed by atoms with Gasteiger partial charge >= 0.3 is 0 Å². The highest BCUT2D eigenvalue weighted by Gasteiger charge is 2.18. The van der Waals surface area contributed by atoms with Gasteiger partial charge in [0.1, 0.15) is 11.3 Å². The fraction of sp³-hybridized carbons (Fsp3) is 0.562. The third kappa shape index (κ3) is 2.70. The summed E-state index contributed by atoms with van der Waals surface area (Å²) in [5.41, 5.74) is 2.20. The molecular weight excluding hydrogens is 253 g/mol. The molecule has 2 aromatic rings. The zero-order valence-corrected chi connectivity index (χ0v) is 12.2. The third-order valence-corrected chi connectivity index (χ3v) is 4.24. The van der Waals surface area contributed by atoms with Crippen molar-refractivity contribution in [2.24, 2.45) is 0 Å². The summed E-state index contributed by atoms with van der Waals surface area (Å²) in [6.45, 7) is 6.49. The van der Waals surface area contributed by atoms with E-state index in [1.807, 2.05) is 13.0 Å². The van der Waals surface area contributed by atoms with Crippen LogP contribution >= 0.6 is 0 Å². The average Bonchev–Trinajstić information content (AvgIpc) is 2.82. The number of benzene rings is 1. The number of H-pyrrole nitrogens is 1. The number of nitrogens with zero attached hydrogens (tertiary/aromatic N) is 2. The van der Waals surface area contributed by atoms with Crippen molar-refractivity contribution in [2.75, 3.05) is 13.1 Å². The Hall–Kier alpha value is -1.42. The van der Waals surface area contributed by atoms with Gasteiger partial charge in [-0.05, 0) is 57.5 Å². The number of hydrogen-bond acceptors (Lipinski definition) is 2. The van der Waals surface area contributed by atoms with E-state index >= 15 is 0 Å². The first-order valence-corrected chi connectivity index (χ1v) is 7.52. The lowest BCUT2D eigenvalue weighted by atomic mass is 10.1. The van der Waals surface area contributed by atoms with Gasteiger partial charge in [0.15, 0.2) is 5.82 Å². The SMILES string of the molecule is Cc1cc(F)c2nc(CC(C)N3CCCCC3)[nH]c2c1. The summed E-state index contributed by atoms with van der Waals surface area (Å²) in [7, 11) is 0. The Labute approximate surface area is 119 Å². The van der Waals surface area contributed by atoms with Gasteiger partial charge < -0.3 is 9.88 Å². The second-order valence-corrected chi connectivity index (χ2v) is 5.98. The number of aryl methyl sites for hydroxylation is 1. The summed E-state index contributed by atoms with van der Waals surface area (Å²) < 4.78 is 13.9. The molecule has 1 atom stereocenters. The molecule has 1 fully saturated rings. The van der Waals surface area contributed by atoms with E-state index in [4.69, 9.17) is 0 Å². The van der Waals surface area contributed by atoms with Crippen molar-refractivity contribution in [3.8, 4) is 0 Å². The predicted molar refractivity (Wildman–Crippen MR) is 79.4 cm³/mol. The molecule has 0 radical (unpaired) electrons. The Morgan fingerprint density at radius 2 is 2.05 bits per heavy atom. The second-order valence-electron chi connectivity index (χ2n) is 5.98. The van der Waals surface area contributed by atoms with E-state index < -0.39 is 0 Å². The van der Waals surface area contributed by atoms with Crippen LogP contribution in [-0.4, -0.2) is 34.0 Å². The number of hydrogen-bond donors (Lipinski definition) is 1. The first kappa shape index (κ1) is 13.6. The third-order valence-electron chi connectivity index (χ3n) is 4.24. The van der Waals surface area contributed by atoms with Crippen molar-refractivity contribution in [3.63, 3.8) is 0 Å². The molecule has 1 saturated heterocycles. The molecule has 1 aliphatic rings. The standard InChI is InChI=1S/C16H22FN3/c1-11-8-13(17)16-14(9-11)18-15(19-16)10-12(2)20-6-4-3-5-7-20/h8-9,12H,3-7,10H2,1-2H3,(H,18,19). The zero-order valence-electron chi connectivity index (χ0n) is 12.2. The first-order chi connectivity index (χ1) is 9.63. The minimum atomic E-state index is -0.229. The normalized spacial score (nSPS) is 18.6. The number of aromatic amines is 1. The van der Waals surface area contributed by atoms with E-state index in [9.17, 15) is 4.39 Å². The number of rotatable bonds is 3. The topological polar surface area (TPSA) is 31.9 Å². The number of halogens is 1. The minimum absolute atomic E-state index is 0.229. The van der Waals surface area contributed by atoms with Crippen LogP contribution in [0.25, 0.3) is 11.0 Å². The number of aromatic nitrogens is 2. The van der Waals surface area contributed by atoms with E-state index in [1.165, 1.54) is 32.4 Å². The van der Waals surface area contributed by atoms with Crippen LogP contribution in [0.3, 0.4) is 0 Å². The highest BCUT2D eigenvalue weighted by atomic mass is 19.1. The van der Waals surface area contributed by atoms with Gasteiger partial charge in [0.2, 0.25) is 0 Å². The Morgan fingerprint density at radius 1 is 1.30 bits per heavy atom. The lowest BCUT2D eigenvalue weighted by Gasteiger charge is -2.31. The van der Waals surface area contributed by atoms with Crippen LogP contribution in [0.1, 0.15) is 37.6 Å². The highest BCUT2D eigenvalue weighted by molar-refractivity contribution is 5.76. The monoisotopic (exact) mass is 275 g/mol. The maximum atomic E-state index is 13.9. The van der Waals surface area contributed by atoms with Gasteiger partial charge in [-0.2, -0.15) is 0 Å². The van der Waals surface area contributed by atoms with Crippen LogP contribution in [0, 0.1) is 12.7 Å². The Balaban J connectivity index is 1.78. The van der Waals surface area contributed by atoms with Gasteiger partial charge in [0.25, 0.3) is 0 Å². The maximum absolute atomic E-state index is 13.9. The molecule has 1 N–H and O–H groups in total. The number of likely N-dealkylation sites (tertiary alicyclic amines) is 1. The summed E-state index contributed by atoms with van der Waals surface area (Å²) in [6, 6.07) is 3.96. The molecule has 0 bridgehead atoms. The summed E-state index contributed by atoms with van der Waals surface area (Å²) in [6.07, 6.45) is 4.78. The summed E-state index contributed by atoms with van der Waals surface area (Å²) >= 11 is 0. The van der Waals surface area contributed by atoms with Gasteiger partial charge in [-0.3, -0.25) is 0 Å². The second kappa shape index (κ2) is 5.52. The summed E-state index contributed by atoms with van der Waals surface area (Å²) in [5, 5.41) is 0. The van der Waals surface area contributed by atoms with Crippen molar-refractivity contribution in [2.45, 2.75) is 45.6 Å². The van der Waals surface area contributed by atoms with E-state index in [0.29, 0.717) is 11.6 Å². The first-order valence-electron chi connectivity index (χ1n) is 7.52. The average molecular weight is 275 g/mol. The lowest BCUT2D eigenvalue weighted by molar-refractivity contribution is 0.171. The summed E-state index contributed by atoms with van der Waals surface area (Å²) in [4.78, 5) is 10.2. The largest absolute Gasteiger partial charge is 0.342 e. The van der Waals surface area contributed by atoms with Crippen LogP contribution < -0.4 is 0 Å². The van der Waals surface area contributed by atoms with Gasteiger partial charge in [0, 0.05) is 12.5 Å². The van der Waals surface area contributed by atoms with E-state index in [-0.39, 0.29) is 5.82 Å². The number of piperidine rings is 1. The molecule has 3 rings (SSSR count). The van der Waals surface area contributed by atoms with Gasteiger partial charge in [-0.15, -0.1) is 0 Å². The molecule has 0 saturated carbocycles. The molecule has 0 spiro atoms. The molecule has 0 amide bonds. The predicted octanol–water partition coefficient (Wildman–Crippen LogP) is 3.43. The van der Waals surface area contributed by atoms with Crippen LogP contribution in [0.2, 0.25) is 0 Å². The number of nitrogens with one attached hydrogen (secondary N) is 1. The molecule has 3 nitrogen and oxygen atoms in total. The minimum Gasteiger partial charge on any atom is -0.342 e. The Morgan fingerprint density at radius 3 is 2.80 bits per heavy atom. The van der Waals surface area contributed by atoms with Crippen molar-refractivity contribution in [3.05, 3.63) is 29.3 Å². The Bertz CT molecular complexity index is 599. The van der Waals surface area contributed by atoms with E-state index in [0.717, 1.165) is 23.3 Å². The van der Waals surface area contributed by atoms with Crippen LogP contribution in [0.5, 0.6) is 0 Å². The van der Waals surface area contributed by atoms with Crippen LogP contribution in [0.15, 0.2) is 12.1 Å². The smallest absolute Gasteiger partial charge is 0.151 e. The molecule has 1 aromatic heterocycles. The van der Waals surface area contributed by atoms with Crippen molar-refractivity contribution >= 4 is 11.0 Å². The number of fused-ring (bicyclic) bond motifs is 1. The van der Waals surface area contributed by atoms with Crippen LogP contribution in [0.4, 0.5) is 4.39 Å². The van der Waals surface area contributed by atoms with Gasteiger partial charge in [0.05, 0.1) is 5.52 Å². The van der Waals surface area contributed by atoms with Crippen molar-refractivity contribution in [1.82, 2.24) is 14.9 Å². The maximum Gasteiger partial charge on any atom is 0.151 e. The molecule has 1 aliphatic heterocycles. The van der Waals surface area contributed by atoms with Crippen molar-refractivity contribution < 1.29 is 4.39 Å².